The first-order valence-corrected chi connectivity index (χ1v) is 8.57. The van der Waals surface area contributed by atoms with Gasteiger partial charge in [-0.1, -0.05) is 39.5 Å². The molecule has 0 aromatic heterocycles. The zero-order valence-corrected chi connectivity index (χ0v) is 13.2. The molecule has 3 rings (SSSR count). The van der Waals surface area contributed by atoms with Gasteiger partial charge < -0.3 is 10.2 Å². The third-order valence-electron chi connectivity index (χ3n) is 6.14. The van der Waals surface area contributed by atoms with E-state index in [4.69, 9.17) is 0 Å². The maximum absolute atomic E-state index is 13.2. The highest BCUT2D eigenvalue weighted by Gasteiger charge is 2.48. The van der Waals surface area contributed by atoms with Crippen LogP contribution in [0.4, 0.5) is 0 Å². The molecule has 3 heteroatoms. The van der Waals surface area contributed by atoms with Crippen molar-refractivity contribution in [2.45, 2.75) is 70.8 Å². The Labute approximate surface area is 123 Å². The molecule has 3 aliphatic rings. The molecule has 2 aliphatic carbocycles. The van der Waals surface area contributed by atoms with Gasteiger partial charge >= 0.3 is 0 Å². The van der Waals surface area contributed by atoms with E-state index in [1.807, 2.05) is 0 Å². The predicted molar refractivity (Wildman–Crippen MR) is 81.5 cm³/mol. The summed E-state index contributed by atoms with van der Waals surface area (Å²) >= 11 is 0. The van der Waals surface area contributed by atoms with E-state index in [9.17, 15) is 4.79 Å². The van der Waals surface area contributed by atoms with Gasteiger partial charge in [0.15, 0.2) is 0 Å². The fraction of sp³-hybridized carbons (Fsp3) is 0.941. The molecule has 0 aromatic rings. The first kappa shape index (κ1) is 14.4. The molecule has 3 fully saturated rings. The molecule has 0 aromatic carbocycles. The van der Waals surface area contributed by atoms with Crippen LogP contribution in [0.1, 0.15) is 65.2 Å². The van der Waals surface area contributed by atoms with Crippen molar-refractivity contribution >= 4 is 5.91 Å². The summed E-state index contributed by atoms with van der Waals surface area (Å²) in [6, 6.07) is 0. The van der Waals surface area contributed by atoms with E-state index < -0.39 is 0 Å². The second kappa shape index (κ2) is 5.32. The molecule has 114 valence electrons. The minimum atomic E-state index is 0.145. The largest absolute Gasteiger partial charge is 0.334 e. The van der Waals surface area contributed by atoms with Crippen LogP contribution >= 0.6 is 0 Å². The van der Waals surface area contributed by atoms with E-state index in [0.29, 0.717) is 5.91 Å². The zero-order valence-electron chi connectivity index (χ0n) is 13.2. The van der Waals surface area contributed by atoms with Crippen LogP contribution in [0.2, 0.25) is 0 Å². The Balaban J connectivity index is 1.81. The minimum absolute atomic E-state index is 0.145. The molecule has 0 bridgehead atoms. The van der Waals surface area contributed by atoms with E-state index >= 15 is 0 Å². The Morgan fingerprint density at radius 2 is 1.85 bits per heavy atom. The lowest BCUT2D eigenvalue weighted by Gasteiger charge is -2.51. The Hall–Kier alpha value is -0.570. The number of nitrogens with one attached hydrogen (secondary N) is 1. The minimum Gasteiger partial charge on any atom is -0.334 e. The maximum Gasteiger partial charge on any atom is 0.226 e. The predicted octanol–water partition coefficient (Wildman–Crippen LogP) is 2.95. The van der Waals surface area contributed by atoms with Crippen molar-refractivity contribution < 1.29 is 4.79 Å². The quantitative estimate of drug-likeness (QED) is 0.800. The van der Waals surface area contributed by atoms with Gasteiger partial charge in [0.05, 0.1) is 5.54 Å². The molecule has 1 heterocycles. The molecule has 2 saturated carbocycles. The first-order chi connectivity index (χ1) is 9.55. The Morgan fingerprint density at radius 3 is 2.50 bits per heavy atom. The highest BCUT2D eigenvalue weighted by molar-refractivity contribution is 5.81. The van der Waals surface area contributed by atoms with E-state index in [2.05, 4.69) is 24.1 Å². The summed E-state index contributed by atoms with van der Waals surface area (Å²) in [5, 5.41) is 3.55. The second-order valence-electron chi connectivity index (χ2n) is 7.89. The summed E-state index contributed by atoms with van der Waals surface area (Å²) in [4.78, 5) is 15.5. The highest BCUT2D eigenvalue weighted by Crippen LogP contribution is 2.45. The lowest BCUT2D eigenvalue weighted by molar-refractivity contribution is -0.148. The molecule has 1 unspecified atom stereocenters. The summed E-state index contributed by atoms with van der Waals surface area (Å²) in [5.74, 6) is 0.732. The average Bonchev–Trinajstić information content (AvgIpc) is 2.79. The average molecular weight is 278 g/mol. The molecule has 0 radical (unpaired) electrons. The number of carbonyl (C=O) groups excluding carboxylic acids is 1. The van der Waals surface area contributed by atoms with Gasteiger partial charge in [0, 0.05) is 25.6 Å². The smallest absolute Gasteiger partial charge is 0.226 e. The number of carbonyl (C=O) groups is 1. The number of rotatable bonds is 1. The van der Waals surface area contributed by atoms with Gasteiger partial charge in [-0.2, -0.15) is 0 Å². The molecule has 1 N–H and O–H groups in total. The second-order valence-corrected chi connectivity index (χ2v) is 7.89. The first-order valence-electron chi connectivity index (χ1n) is 8.57. The van der Waals surface area contributed by atoms with Gasteiger partial charge in [0.25, 0.3) is 0 Å². The van der Waals surface area contributed by atoms with Crippen molar-refractivity contribution in [1.29, 1.82) is 0 Å². The van der Waals surface area contributed by atoms with Crippen molar-refractivity contribution in [2.75, 3.05) is 19.6 Å². The van der Waals surface area contributed by atoms with Crippen LogP contribution in [0.15, 0.2) is 0 Å². The molecule has 3 nitrogen and oxygen atoms in total. The Morgan fingerprint density at radius 1 is 1.10 bits per heavy atom. The van der Waals surface area contributed by atoms with Crippen molar-refractivity contribution in [1.82, 2.24) is 10.2 Å². The summed E-state index contributed by atoms with van der Waals surface area (Å²) in [7, 11) is 0. The summed E-state index contributed by atoms with van der Waals surface area (Å²) in [6.07, 6.45) is 9.88. The standard InChI is InChI=1S/C17H30N2O/c1-16(2)8-6-7-14(16)15(20)19-12-11-18-13-17(19)9-4-3-5-10-17/h14,18H,3-13H2,1-2H3. The molecule has 1 aliphatic heterocycles. The van der Waals surface area contributed by atoms with Gasteiger partial charge in [-0.3, -0.25) is 4.79 Å². The molecule has 1 spiro atoms. The monoisotopic (exact) mass is 278 g/mol. The van der Waals surface area contributed by atoms with Gasteiger partial charge in [0.2, 0.25) is 5.91 Å². The highest BCUT2D eigenvalue weighted by atomic mass is 16.2. The van der Waals surface area contributed by atoms with Gasteiger partial charge in [-0.05, 0) is 31.1 Å². The molecule has 1 atom stereocenters. The zero-order chi connectivity index (χ0) is 14.2. The third kappa shape index (κ3) is 2.38. The van der Waals surface area contributed by atoms with Crippen LogP contribution in [-0.4, -0.2) is 36.0 Å². The van der Waals surface area contributed by atoms with E-state index in [0.717, 1.165) is 26.1 Å². The number of hydrogen-bond acceptors (Lipinski definition) is 2. The van der Waals surface area contributed by atoms with Crippen LogP contribution < -0.4 is 5.32 Å². The summed E-state index contributed by atoms with van der Waals surface area (Å²) in [6.45, 7) is 7.49. The molecular formula is C17H30N2O. The van der Waals surface area contributed by atoms with Crippen LogP contribution in [0, 0.1) is 11.3 Å². The van der Waals surface area contributed by atoms with Crippen LogP contribution in [0.25, 0.3) is 0 Å². The fourth-order valence-corrected chi connectivity index (χ4v) is 4.82. The van der Waals surface area contributed by atoms with Gasteiger partial charge in [0.1, 0.15) is 0 Å². The Kier molecular flexibility index (Phi) is 3.83. The number of nitrogens with zero attached hydrogens (tertiary/aromatic N) is 1. The van der Waals surface area contributed by atoms with Crippen LogP contribution in [0.3, 0.4) is 0 Å². The molecule has 20 heavy (non-hydrogen) atoms. The van der Waals surface area contributed by atoms with E-state index in [1.165, 1.54) is 44.9 Å². The fourth-order valence-electron chi connectivity index (χ4n) is 4.82. The number of amides is 1. The van der Waals surface area contributed by atoms with Gasteiger partial charge in [-0.15, -0.1) is 0 Å². The lowest BCUT2D eigenvalue weighted by Crippen LogP contribution is -2.65. The Bertz CT molecular complexity index is 363. The topological polar surface area (TPSA) is 32.3 Å². The van der Waals surface area contributed by atoms with Crippen LogP contribution in [0.5, 0.6) is 0 Å². The third-order valence-corrected chi connectivity index (χ3v) is 6.14. The maximum atomic E-state index is 13.2. The van der Waals surface area contributed by atoms with E-state index in [-0.39, 0.29) is 16.9 Å². The number of hydrogen-bond donors (Lipinski definition) is 1. The van der Waals surface area contributed by atoms with E-state index in [1.54, 1.807) is 0 Å². The van der Waals surface area contributed by atoms with Crippen LogP contribution in [-0.2, 0) is 4.79 Å². The van der Waals surface area contributed by atoms with Crippen molar-refractivity contribution in [3.8, 4) is 0 Å². The normalized spacial score (nSPS) is 32.5. The SMILES string of the molecule is CC1(C)CCCC1C(=O)N1CCNCC12CCCCC2. The number of piperazine rings is 1. The van der Waals surface area contributed by atoms with Crippen molar-refractivity contribution in [2.24, 2.45) is 11.3 Å². The van der Waals surface area contributed by atoms with Crippen molar-refractivity contribution in [3.63, 3.8) is 0 Å². The lowest BCUT2D eigenvalue weighted by atomic mass is 9.76. The summed E-state index contributed by atoms with van der Waals surface area (Å²) < 4.78 is 0. The molecule has 1 saturated heterocycles. The van der Waals surface area contributed by atoms with Gasteiger partial charge in [-0.25, -0.2) is 0 Å². The van der Waals surface area contributed by atoms with Crippen molar-refractivity contribution in [3.05, 3.63) is 0 Å². The molecule has 1 amide bonds. The molecular weight excluding hydrogens is 248 g/mol. The summed E-state index contributed by atoms with van der Waals surface area (Å²) in [5.41, 5.74) is 0.351.